The van der Waals surface area contributed by atoms with Crippen LogP contribution in [0.25, 0.3) is 0 Å². The van der Waals surface area contributed by atoms with Crippen LogP contribution >= 0.6 is 0 Å². The zero-order chi connectivity index (χ0) is 20.3. The monoisotopic (exact) mass is 370 g/mol. The van der Waals surface area contributed by atoms with Crippen LogP contribution in [0.2, 0.25) is 0 Å². The Bertz CT molecular complexity index is 504. The van der Waals surface area contributed by atoms with Crippen molar-refractivity contribution in [1.29, 1.82) is 0 Å². The van der Waals surface area contributed by atoms with E-state index >= 15 is 0 Å². The van der Waals surface area contributed by atoms with Gasteiger partial charge in [0.15, 0.2) is 0 Å². The molecule has 26 heavy (non-hydrogen) atoms. The Morgan fingerprint density at radius 3 is 1.23 bits per heavy atom. The van der Waals surface area contributed by atoms with Crippen LogP contribution in [0.3, 0.4) is 0 Å². The first kappa shape index (κ1) is 23.6. The fraction of sp³-hybridized carbons (Fsp3) is 0.667. The lowest BCUT2D eigenvalue weighted by Crippen LogP contribution is -2.29. The van der Waals surface area contributed by atoms with Crippen molar-refractivity contribution >= 4 is 23.8 Å². The van der Waals surface area contributed by atoms with Gasteiger partial charge in [0.05, 0.1) is 0 Å². The maximum absolute atomic E-state index is 11.5. The van der Waals surface area contributed by atoms with Crippen molar-refractivity contribution in [3.63, 3.8) is 0 Å². The molecular weight excluding hydrogens is 340 g/mol. The molecule has 0 aliphatic rings. The average Bonchev–Trinajstić information content (AvgIpc) is 2.54. The lowest BCUT2D eigenvalue weighted by atomic mass is 9.99. The normalized spacial score (nSPS) is 11.9. The molecule has 0 unspecified atom stereocenters. The Morgan fingerprint density at radius 1 is 0.692 bits per heavy atom. The van der Waals surface area contributed by atoms with Crippen LogP contribution in [-0.4, -0.2) is 47.1 Å². The van der Waals surface area contributed by atoms with E-state index in [9.17, 15) is 29.4 Å². The Hall–Kier alpha value is -2.38. The number of aliphatic carboxylic acids is 2. The Labute approximate surface area is 154 Å². The van der Waals surface area contributed by atoms with Crippen LogP contribution in [0.1, 0.15) is 53.4 Å². The maximum atomic E-state index is 11.5. The van der Waals surface area contributed by atoms with Gasteiger partial charge in [0, 0.05) is 36.1 Å². The first-order valence-electron chi connectivity index (χ1n) is 8.81. The average molecular weight is 370 g/mol. The van der Waals surface area contributed by atoms with Gasteiger partial charge in [-0.25, -0.2) is 9.59 Å². The Kier molecular flexibility index (Phi) is 10.9. The molecule has 0 aliphatic carbocycles. The van der Waals surface area contributed by atoms with Crippen LogP contribution in [-0.2, 0) is 19.2 Å². The number of carbonyl (C=O) groups excluding carboxylic acids is 2. The molecule has 0 spiro atoms. The molecule has 0 saturated heterocycles. The maximum Gasteiger partial charge on any atom is 0.332 e. The first-order chi connectivity index (χ1) is 12.1. The molecule has 0 rings (SSSR count). The number of hydrogen-bond donors (Lipinski definition) is 4. The molecule has 0 aliphatic heterocycles. The van der Waals surface area contributed by atoms with Gasteiger partial charge in [-0.1, -0.05) is 27.7 Å². The Morgan fingerprint density at radius 2 is 1.00 bits per heavy atom. The topological polar surface area (TPSA) is 133 Å². The quantitative estimate of drug-likeness (QED) is 0.304. The molecule has 8 heteroatoms. The second-order valence-corrected chi connectivity index (χ2v) is 6.67. The fourth-order valence-corrected chi connectivity index (χ4v) is 2.14. The lowest BCUT2D eigenvalue weighted by molar-refractivity contribution is -0.136. The summed E-state index contributed by atoms with van der Waals surface area (Å²) < 4.78 is 0. The van der Waals surface area contributed by atoms with Crippen LogP contribution in [0.15, 0.2) is 11.1 Å². The second kappa shape index (κ2) is 12.1. The highest BCUT2D eigenvalue weighted by Gasteiger charge is 2.20. The molecule has 0 saturated carbocycles. The zero-order valence-electron chi connectivity index (χ0n) is 15.9. The minimum absolute atomic E-state index is 0.0493. The number of nitrogens with one attached hydrogen (secondary N) is 2. The smallest absolute Gasteiger partial charge is 0.332 e. The SMILES string of the molecule is CC(C)C(=O)NCCCC(C(=O)O)=C(CCCNC(=O)C(C)C)C(=O)O. The number of carbonyl (C=O) groups is 4. The molecule has 0 radical (unpaired) electrons. The summed E-state index contributed by atoms with van der Waals surface area (Å²) in [5.74, 6) is -3.15. The van der Waals surface area contributed by atoms with Gasteiger partial charge in [0.1, 0.15) is 0 Å². The highest BCUT2D eigenvalue weighted by atomic mass is 16.4. The highest BCUT2D eigenvalue weighted by molar-refractivity contribution is 5.98. The minimum Gasteiger partial charge on any atom is -0.478 e. The molecule has 0 aromatic carbocycles. The van der Waals surface area contributed by atoms with Crippen LogP contribution < -0.4 is 10.6 Å². The van der Waals surface area contributed by atoms with E-state index in [4.69, 9.17) is 0 Å². The first-order valence-corrected chi connectivity index (χ1v) is 8.81. The van der Waals surface area contributed by atoms with Crippen molar-refractivity contribution in [3.8, 4) is 0 Å². The van der Waals surface area contributed by atoms with Crippen molar-refractivity contribution in [1.82, 2.24) is 10.6 Å². The van der Waals surface area contributed by atoms with E-state index in [0.29, 0.717) is 12.8 Å². The van der Waals surface area contributed by atoms with Gasteiger partial charge in [-0.3, -0.25) is 9.59 Å². The number of hydrogen-bond acceptors (Lipinski definition) is 4. The summed E-state index contributed by atoms with van der Waals surface area (Å²) in [6.45, 7) is 7.56. The van der Waals surface area contributed by atoms with Gasteiger partial charge in [0.2, 0.25) is 11.8 Å². The number of rotatable bonds is 12. The summed E-state index contributed by atoms with van der Waals surface area (Å²) in [6, 6.07) is 0. The number of carboxylic acids is 2. The third kappa shape index (κ3) is 9.19. The summed E-state index contributed by atoms with van der Waals surface area (Å²) in [5.41, 5.74) is -0.321. The van der Waals surface area contributed by atoms with Gasteiger partial charge < -0.3 is 20.8 Å². The molecule has 0 atom stereocenters. The van der Waals surface area contributed by atoms with E-state index in [0.717, 1.165) is 0 Å². The van der Waals surface area contributed by atoms with Gasteiger partial charge in [-0.15, -0.1) is 0 Å². The van der Waals surface area contributed by atoms with Crippen molar-refractivity contribution < 1.29 is 29.4 Å². The van der Waals surface area contributed by atoms with Crippen molar-refractivity contribution in [2.24, 2.45) is 11.8 Å². The predicted molar refractivity (Wildman–Crippen MR) is 96.5 cm³/mol. The zero-order valence-corrected chi connectivity index (χ0v) is 15.9. The molecule has 8 nitrogen and oxygen atoms in total. The van der Waals surface area contributed by atoms with Crippen LogP contribution in [0, 0.1) is 11.8 Å². The molecule has 0 bridgehead atoms. The molecule has 0 aromatic rings. The van der Waals surface area contributed by atoms with E-state index in [1.807, 2.05) is 0 Å². The highest BCUT2D eigenvalue weighted by Crippen LogP contribution is 2.17. The molecule has 2 amide bonds. The minimum atomic E-state index is -1.27. The van der Waals surface area contributed by atoms with Crippen molar-refractivity contribution in [2.45, 2.75) is 53.4 Å². The van der Waals surface area contributed by atoms with Crippen LogP contribution in [0.4, 0.5) is 0 Å². The van der Waals surface area contributed by atoms with E-state index in [2.05, 4.69) is 10.6 Å². The molecular formula is C18H30N2O6. The summed E-state index contributed by atoms with van der Waals surface area (Å²) in [4.78, 5) is 45.8. The number of carboxylic acid groups (broad SMARTS) is 2. The summed E-state index contributed by atoms with van der Waals surface area (Å²) in [7, 11) is 0. The molecule has 148 valence electrons. The third-order valence-electron chi connectivity index (χ3n) is 3.73. The Balaban J connectivity index is 4.75. The van der Waals surface area contributed by atoms with E-state index < -0.39 is 11.9 Å². The van der Waals surface area contributed by atoms with E-state index in [1.165, 1.54) is 0 Å². The van der Waals surface area contributed by atoms with E-state index in [1.54, 1.807) is 27.7 Å². The van der Waals surface area contributed by atoms with Crippen molar-refractivity contribution in [2.75, 3.05) is 13.1 Å². The van der Waals surface area contributed by atoms with Gasteiger partial charge >= 0.3 is 11.9 Å². The summed E-state index contributed by atoms with van der Waals surface area (Å²) in [5, 5.41) is 24.0. The number of amides is 2. The molecule has 0 fully saturated rings. The van der Waals surface area contributed by atoms with E-state index in [-0.39, 0.29) is 60.7 Å². The summed E-state index contributed by atoms with van der Waals surface area (Å²) in [6.07, 6.45) is 0.767. The second-order valence-electron chi connectivity index (χ2n) is 6.67. The predicted octanol–water partition coefficient (Wildman–Crippen LogP) is 1.56. The molecule has 0 aromatic heterocycles. The van der Waals surface area contributed by atoms with Gasteiger partial charge in [0.25, 0.3) is 0 Å². The van der Waals surface area contributed by atoms with Gasteiger partial charge in [-0.2, -0.15) is 0 Å². The molecule has 4 N–H and O–H groups in total. The fourth-order valence-electron chi connectivity index (χ4n) is 2.14. The molecule has 0 heterocycles. The van der Waals surface area contributed by atoms with Gasteiger partial charge in [-0.05, 0) is 25.7 Å². The lowest BCUT2D eigenvalue weighted by Gasteiger charge is -2.11. The standard InChI is InChI=1S/C18H30N2O6/c1-11(2)15(21)19-9-5-7-13(17(23)24)14(18(25)26)8-6-10-20-16(22)12(3)4/h11-12H,5-10H2,1-4H3,(H,19,21)(H,20,22)(H,23,24)(H,25,26). The van der Waals surface area contributed by atoms with Crippen molar-refractivity contribution in [3.05, 3.63) is 11.1 Å². The third-order valence-corrected chi connectivity index (χ3v) is 3.73. The van der Waals surface area contributed by atoms with Crippen LogP contribution in [0.5, 0.6) is 0 Å². The summed E-state index contributed by atoms with van der Waals surface area (Å²) >= 11 is 0. The largest absolute Gasteiger partial charge is 0.478 e.